The lowest BCUT2D eigenvalue weighted by Crippen LogP contribution is -2.52. The van der Waals surface area contributed by atoms with E-state index >= 15 is 0 Å². The van der Waals surface area contributed by atoms with Crippen LogP contribution in [-0.2, 0) is 9.53 Å². The molecule has 0 aliphatic carbocycles. The number of carbonyl (C=O) groups is 1. The molecule has 108 valence electrons. The van der Waals surface area contributed by atoms with Crippen LogP contribution in [0.25, 0.3) is 0 Å². The third kappa shape index (κ3) is 2.69. The zero-order chi connectivity index (χ0) is 13.9. The van der Waals surface area contributed by atoms with E-state index in [4.69, 9.17) is 4.74 Å². The van der Waals surface area contributed by atoms with E-state index in [9.17, 15) is 4.79 Å². The standard InChI is InChI=1S/C15H21N3O2/c1-12(13-3-2-5-16-11-13)17-6-8-18(9-7-17)14-4-10-20-15(14)19/h2-3,5,11-12,14H,4,6-10H2,1H3/t12-,14+/m0/s1. The van der Waals surface area contributed by atoms with E-state index in [1.807, 2.05) is 12.3 Å². The molecule has 5 heteroatoms. The molecular weight excluding hydrogens is 254 g/mol. The molecule has 20 heavy (non-hydrogen) atoms. The zero-order valence-electron chi connectivity index (χ0n) is 11.9. The fraction of sp³-hybridized carbons (Fsp3) is 0.600. The van der Waals surface area contributed by atoms with E-state index < -0.39 is 0 Å². The molecular formula is C15H21N3O2. The van der Waals surface area contributed by atoms with Crippen LogP contribution in [0.5, 0.6) is 0 Å². The number of carbonyl (C=O) groups excluding carboxylic acids is 1. The molecule has 5 nitrogen and oxygen atoms in total. The predicted octanol–water partition coefficient (Wildman–Crippen LogP) is 1.08. The molecule has 0 spiro atoms. The third-order valence-electron chi connectivity index (χ3n) is 4.41. The molecule has 2 aliphatic rings. The molecule has 1 aromatic heterocycles. The number of esters is 1. The van der Waals surface area contributed by atoms with Crippen molar-refractivity contribution in [2.45, 2.75) is 25.4 Å². The Hall–Kier alpha value is -1.46. The summed E-state index contributed by atoms with van der Waals surface area (Å²) in [6.45, 7) is 6.64. The van der Waals surface area contributed by atoms with Crippen LogP contribution in [0, 0.1) is 0 Å². The number of rotatable bonds is 3. The van der Waals surface area contributed by atoms with Gasteiger partial charge in [-0.15, -0.1) is 0 Å². The SMILES string of the molecule is C[C@@H](c1cccnc1)N1CCN([C@@H]2CCOC2=O)CC1. The van der Waals surface area contributed by atoms with Crippen molar-refractivity contribution in [1.29, 1.82) is 0 Å². The minimum atomic E-state index is -0.0428. The van der Waals surface area contributed by atoms with Crippen LogP contribution >= 0.6 is 0 Å². The second-order valence-electron chi connectivity index (χ2n) is 5.51. The Morgan fingerprint density at radius 3 is 2.75 bits per heavy atom. The van der Waals surface area contributed by atoms with Gasteiger partial charge in [-0.3, -0.25) is 19.6 Å². The average Bonchev–Trinajstić information content (AvgIpc) is 2.94. The largest absolute Gasteiger partial charge is 0.464 e. The van der Waals surface area contributed by atoms with E-state index in [0.29, 0.717) is 12.6 Å². The molecule has 0 aromatic carbocycles. The maximum absolute atomic E-state index is 11.6. The molecule has 3 rings (SSSR count). The first-order chi connectivity index (χ1) is 9.75. The van der Waals surface area contributed by atoms with Gasteiger partial charge >= 0.3 is 5.97 Å². The fourth-order valence-corrected chi connectivity index (χ4v) is 3.09. The highest BCUT2D eigenvalue weighted by Crippen LogP contribution is 2.23. The summed E-state index contributed by atoms with van der Waals surface area (Å²) in [7, 11) is 0. The van der Waals surface area contributed by atoms with Crippen LogP contribution in [0.2, 0.25) is 0 Å². The van der Waals surface area contributed by atoms with Gasteiger partial charge in [-0.2, -0.15) is 0 Å². The first-order valence-corrected chi connectivity index (χ1v) is 7.30. The summed E-state index contributed by atoms with van der Waals surface area (Å²) in [4.78, 5) is 20.5. The fourth-order valence-electron chi connectivity index (χ4n) is 3.09. The molecule has 2 saturated heterocycles. The molecule has 0 unspecified atom stereocenters. The summed E-state index contributed by atoms with van der Waals surface area (Å²) in [5.74, 6) is -0.0428. The van der Waals surface area contributed by atoms with Gasteiger partial charge in [-0.1, -0.05) is 6.07 Å². The lowest BCUT2D eigenvalue weighted by atomic mass is 10.1. The highest BCUT2D eigenvalue weighted by Gasteiger charge is 2.34. The van der Waals surface area contributed by atoms with Crippen LogP contribution in [0.3, 0.4) is 0 Å². The van der Waals surface area contributed by atoms with Gasteiger partial charge in [0.15, 0.2) is 0 Å². The minimum absolute atomic E-state index is 0.00847. The van der Waals surface area contributed by atoms with Crippen molar-refractivity contribution >= 4 is 5.97 Å². The number of hydrogen-bond acceptors (Lipinski definition) is 5. The molecule has 0 bridgehead atoms. The first kappa shape index (κ1) is 13.5. The normalized spacial score (nSPS) is 26.4. The average molecular weight is 275 g/mol. The van der Waals surface area contributed by atoms with Gasteiger partial charge in [0, 0.05) is 51.0 Å². The smallest absolute Gasteiger partial charge is 0.323 e. The van der Waals surface area contributed by atoms with Gasteiger partial charge in [0.05, 0.1) is 6.61 Å². The minimum Gasteiger partial charge on any atom is -0.464 e. The number of hydrogen-bond donors (Lipinski definition) is 0. The van der Waals surface area contributed by atoms with Crippen LogP contribution in [-0.4, -0.2) is 59.6 Å². The maximum atomic E-state index is 11.6. The highest BCUT2D eigenvalue weighted by molar-refractivity contribution is 5.77. The van der Waals surface area contributed by atoms with E-state index in [1.165, 1.54) is 5.56 Å². The quantitative estimate of drug-likeness (QED) is 0.772. The Balaban J connectivity index is 1.57. The molecule has 0 N–H and O–H groups in total. The maximum Gasteiger partial charge on any atom is 0.323 e. The molecule has 0 amide bonds. The van der Waals surface area contributed by atoms with Crippen LogP contribution in [0.15, 0.2) is 24.5 Å². The third-order valence-corrected chi connectivity index (χ3v) is 4.41. The van der Waals surface area contributed by atoms with Crippen LogP contribution < -0.4 is 0 Å². The molecule has 2 atom stereocenters. The summed E-state index contributed by atoms with van der Waals surface area (Å²) in [5, 5.41) is 0. The molecule has 2 aliphatic heterocycles. The second kappa shape index (κ2) is 5.89. The molecule has 0 saturated carbocycles. The summed E-state index contributed by atoms with van der Waals surface area (Å²) in [5.41, 5.74) is 1.25. The van der Waals surface area contributed by atoms with Crippen LogP contribution in [0.4, 0.5) is 0 Å². The van der Waals surface area contributed by atoms with Gasteiger partial charge in [-0.05, 0) is 18.6 Å². The van der Waals surface area contributed by atoms with Gasteiger partial charge in [0.1, 0.15) is 6.04 Å². The monoisotopic (exact) mass is 275 g/mol. The van der Waals surface area contributed by atoms with Crippen molar-refractivity contribution in [2.24, 2.45) is 0 Å². The van der Waals surface area contributed by atoms with Crippen molar-refractivity contribution in [3.8, 4) is 0 Å². The Bertz CT molecular complexity index is 457. The summed E-state index contributed by atoms with van der Waals surface area (Å²) in [6.07, 6.45) is 4.59. The Morgan fingerprint density at radius 1 is 1.35 bits per heavy atom. The van der Waals surface area contributed by atoms with Gasteiger partial charge in [-0.25, -0.2) is 0 Å². The topological polar surface area (TPSA) is 45.7 Å². The number of piperazine rings is 1. The van der Waals surface area contributed by atoms with Crippen molar-refractivity contribution in [3.63, 3.8) is 0 Å². The summed E-state index contributed by atoms with van der Waals surface area (Å²) >= 11 is 0. The zero-order valence-corrected chi connectivity index (χ0v) is 11.9. The van der Waals surface area contributed by atoms with Crippen molar-refractivity contribution in [3.05, 3.63) is 30.1 Å². The van der Waals surface area contributed by atoms with Crippen molar-refractivity contribution < 1.29 is 9.53 Å². The number of ether oxygens (including phenoxy) is 1. The van der Waals surface area contributed by atoms with Crippen molar-refractivity contribution in [1.82, 2.24) is 14.8 Å². The predicted molar refractivity (Wildman–Crippen MR) is 75.2 cm³/mol. The summed E-state index contributed by atoms with van der Waals surface area (Å²) in [6, 6.07) is 4.47. The lowest BCUT2D eigenvalue weighted by molar-refractivity contribution is -0.142. The van der Waals surface area contributed by atoms with E-state index in [-0.39, 0.29) is 12.0 Å². The molecule has 3 heterocycles. The number of aromatic nitrogens is 1. The van der Waals surface area contributed by atoms with Crippen LogP contribution in [0.1, 0.15) is 24.9 Å². The van der Waals surface area contributed by atoms with Gasteiger partial charge in [0.2, 0.25) is 0 Å². The highest BCUT2D eigenvalue weighted by atomic mass is 16.5. The van der Waals surface area contributed by atoms with E-state index in [1.54, 1.807) is 6.20 Å². The molecule has 1 aromatic rings. The Morgan fingerprint density at radius 2 is 2.15 bits per heavy atom. The lowest BCUT2D eigenvalue weighted by Gasteiger charge is -2.39. The van der Waals surface area contributed by atoms with E-state index in [0.717, 1.165) is 32.6 Å². The molecule has 0 radical (unpaired) electrons. The van der Waals surface area contributed by atoms with Gasteiger partial charge < -0.3 is 4.74 Å². The molecule has 2 fully saturated rings. The first-order valence-electron chi connectivity index (χ1n) is 7.30. The second-order valence-corrected chi connectivity index (χ2v) is 5.51. The van der Waals surface area contributed by atoms with Crippen molar-refractivity contribution in [2.75, 3.05) is 32.8 Å². The Kier molecular flexibility index (Phi) is 3.98. The summed E-state index contributed by atoms with van der Waals surface area (Å²) < 4.78 is 5.06. The number of cyclic esters (lactones) is 1. The number of pyridine rings is 1. The van der Waals surface area contributed by atoms with Gasteiger partial charge in [0.25, 0.3) is 0 Å². The Labute approximate surface area is 119 Å². The number of nitrogens with zero attached hydrogens (tertiary/aromatic N) is 3. The van der Waals surface area contributed by atoms with E-state index in [2.05, 4.69) is 27.8 Å².